The molecule has 0 aliphatic carbocycles. The minimum atomic E-state index is -0.505. The molecule has 0 heterocycles. The summed E-state index contributed by atoms with van der Waals surface area (Å²) >= 11 is 0. The lowest BCUT2D eigenvalue weighted by Crippen LogP contribution is -2.43. The summed E-state index contributed by atoms with van der Waals surface area (Å²) in [6, 6.07) is 13.2. The van der Waals surface area contributed by atoms with Gasteiger partial charge in [-0.2, -0.15) is 0 Å². The molecular formula is C17H18N2O5. The Hall–Kier alpha value is -3.09. The van der Waals surface area contributed by atoms with E-state index in [0.717, 1.165) is 10.8 Å². The van der Waals surface area contributed by atoms with Gasteiger partial charge in [-0.05, 0) is 11.5 Å². The van der Waals surface area contributed by atoms with E-state index in [9.17, 15) is 14.4 Å². The van der Waals surface area contributed by atoms with Crippen molar-refractivity contribution in [3.63, 3.8) is 0 Å². The van der Waals surface area contributed by atoms with Gasteiger partial charge in [0.05, 0.1) is 13.5 Å². The number of carbonyl (C=O) groups excluding carboxylic acids is 3. The van der Waals surface area contributed by atoms with Crippen molar-refractivity contribution < 1.29 is 23.9 Å². The number of fused-ring (bicyclic) bond motifs is 1. The first kappa shape index (κ1) is 17.3. The van der Waals surface area contributed by atoms with Crippen molar-refractivity contribution in [3.8, 4) is 5.75 Å². The van der Waals surface area contributed by atoms with Crippen LogP contribution < -0.4 is 15.6 Å². The van der Waals surface area contributed by atoms with E-state index < -0.39 is 17.8 Å². The zero-order chi connectivity index (χ0) is 17.4. The van der Waals surface area contributed by atoms with Gasteiger partial charge in [-0.1, -0.05) is 36.4 Å². The molecule has 0 unspecified atom stereocenters. The van der Waals surface area contributed by atoms with Crippen LogP contribution >= 0.6 is 0 Å². The zero-order valence-electron chi connectivity index (χ0n) is 13.2. The molecule has 2 amide bonds. The summed E-state index contributed by atoms with van der Waals surface area (Å²) in [6.07, 6.45) is -0.123. The third-order valence-corrected chi connectivity index (χ3v) is 3.23. The fourth-order valence-corrected chi connectivity index (χ4v) is 2.02. The first-order chi connectivity index (χ1) is 11.6. The Bertz CT molecular complexity index is 739. The molecule has 2 rings (SSSR count). The van der Waals surface area contributed by atoms with E-state index in [-0.39, 0.29) is 19.4 Å². The molecule has 0 aromatic heterocycles. The van der Waals surface area contributed by atoms with Crippen LogP contribution in [0.4, 0.5) is 0 Å². The second kappa shape index (κ2) is 8.52. The largest absolute Gasteiger partial charge is 0.483 e. The number of benzene rings is 2. The lowest BCUT2D eigenvalue weighted by molar-refractivity contribution is -0.142. The van der Waals surface area contributed by atoms with E-state index in [4.69, 9.17) is 4.74 Å². The van der Waals surface area contributed by atoms with Crippen molar-refractivity contribution in [3.05, 3.63) is 42.5 Å². The SMILES string of the molecule is COC(=O)CCC(=O)NNC(=O)COc1cccc2ccccc12. The molecule has 0 saturated heterocycles. The van der Waals surface area contributed by atoms with Crippen LogP contribution in [-0.4, -0.2) is 31.5 Å². The number of esters is 1. The fraction of sp³-hybridized carbons (Fsp3) is 0.235. The number of hydrazine groups is 1. The average molecular weight is 330 g/mol. The summed E-state index contributed by atoms with van der Waals surface area (Å²) in [5.74, 6) is -0.899. The molecule has 2 aromatic carbocycles. The first-order valence-corrected chi connectivity index (χ1v) is 7.35. The molecule has 0 spiro atoms. The number of amides is 2. The van der Waals surface area contributed by atoms with Crippen LogP contribution in [0.15, 0.2) is 42.5 Å². The number of hydrogen-bond donors (Lipinski definition) is 2. The van der Waals surface area contributed by atoms with Gasteiger partial charge in [-0.25, -0.2) is 0 Å². The van der Waals surface area contributed by atoms with Gasteiger partial charge in [0.1, 0.15) is 5.75 Å². The van der Waals surface area contributed by atoms with E-state index in [2.05, 4.69) is 15.6 Å². The topological polar surface area (TPSA) is 93.7 Å². The number of ether oxygens (including phenoxy) is 2. The van der Waals surface area contributed by atoms with Crippen LogP contribution in [0.5, 0.6) is 5.75 Å². The second-order valence-electron chi connectivity index (χ2n) is 4.94. The van der Waals surface area contributed by atoms with Gasteiger partial charge in [0.25, 0.3) is 5.91 Å². The van der Waals surface area contributed by atoms with Gasteiger partial charge in [0, 0.05) is 11.8 Å². The Balaban J connectivity index is 1.78. The normalized spacial score (nSPS) is 10.0. The monoisotopic (exact) mass is 330 g/mol. The summed E-state index contributed by atoms with van der Waals surface area (Å²) in [5.41, 5.74) is 4.44. The standard InChI is InChI=1S/C17H18N2O5/c1-23-17(22)10-9-15(20)18-19-16(21)11-24-14-8-4-6-12-5-2-3-7-13(12)14/h2-8H,9-11H2,1H3,(H,18,20)(H,19,21). The smallest absolute Gasteiger partial charge is 0.306 e. The number of rotatable bonds is 6. The third-order valence-electron chi connectivity index (χ3n) is 3.23. The highest BCUT2D eigenvalue weighted by atomic mass is 16.5. The predicted molar refractivity (Wildman–Crippen MR) is 87.0 cm³/mol. The molecule has 0 saturated carbocycles. The highest BCUT2D eigenvalue weighted by Gasteiger charge is 2.09. The molecule has 126 valence electrons. The molecule has 2 aromatic rings. The molecule has 0 aliphatic rings. The third kappa shape index (κ3) is 4.98. The lowest BCUT2D eigenvalue weighted by Gasteiger charge is -2.10. The lowest BCUT2D eigenvalue weighted by atomic mass is 10.1. The zero-order valence-corrected chi connectivity index (χ0v) is 13.2. The second-order valence-corrected chi connectivity index (χ2v) is 4.94. The molecule has 2 N–H and O–H groups in total. The van der Waals surface area contributed by atoms with Crippen LogP contribution in [0.2, 0.25) is 0 Å². The average Bonchev–Trinajstić information content (AvgIpc) is 2.62. The van der Waals surface area contributed by atoms with Crippen LogP contribution in [0.1, 0.15) is 12.8 Å². The first-order valence-electron chi connectivity index (χ1n) is 7.35. The van der Waals surface area contributed by atoms with E-state index >= 15 is 0 Å². The van der Waals surface area contributed by atoms with Crippen molar-refractivity contribution >= 4 is 28.6 Å². The highest BCUT2D eigenvalue weighted by molar-refractivity contribution is 5.89. The molecule has 0 radical (unpaired) electrons. The van der Waals surface area contributed by atoms with E-state index in [1.54, 1.807) is 6.07 Å². The predicted octanol–water partition coefficient (Wildman–Crippen LogP) is 1.32. The molecule has 7 heteroatoms. The quantitative estimate of drug-likeness (QED) is 0.615. The Labute approximate surface area is 138 Å². The van der Waals surface area contributed by atoms with Crippen molar-refractivity contribution in [1.82, 2.24) is 10.9 Å². The van der Waals surface area contributed by atoms with Crippen LogP contribution in [0, 0.1) is 0 Å². The number of methoxy groups -OCH3 is 1. The molecule has 0 fully saturated rings. The van der Waals surface area contributed by atoms with Gasteiger partial charge >= 0.3 is 5.97 Å². The summed E-state index contributed by atoms with van der Waals surface area (Å²) < 4.78 is 9.91. The van der Waals surface area contributed by atoms with Crippen LogP contribution in [0.25, 0.3) is 10.8 Å². The highest BCUT2D eigenvalue weighted by Crippen LogP contribution is 2.24. The van der Waals surface area contributed by atoms with Crippen molar-refractivity contribution in [2.75, 3.05) is 13.7 Å². The Kier molecular flexibility index (Phi) is 6.13. The summed E-state index contributed by atoms with van der Waals surface area (Å²) in [5, 5.41) is 1.90. The minimum absolute atomic E-state index is 0.0509. The Morgan fingerprint density at radius 3 is 2.42 bits per heavy atom. The van der Waals surface area contributed by atoms with Gasteiger partial charge in [0.2, 0.25) is 5.91 Å². The molecule has 0 bridgehead atoms. The number of carbonyl (C=O) groups is 3. The minimum Gasteiger partial charge on any atom is -0.483 e. The molecule has 7 nitrogen and oxygen atoms in total. The Morgan fingerprint density at radius 2 is 1.62 bits per heavy atom. The van der Waals surface area contributed by atoms with Crippen molar-refractivity contribution in [2.24, 2.45) is 0 Å². The van der Waals surface area contributed by atoms with Gasteiger partial charge < -0.3 is 9.47 Å². The van der Waals surface area contributed by atoms with E-state index in [0.29, 0.717) is 5.75 Å². The maximum atomic E-state index is 11.7. The van der Waals surface area contributed by atoms with Gasteiger partial charge in [-0.3, -0.25) is 25.2 Å². The Morgan fingerprint density at radius 1 is 0.917 bits per heavy atom. The maximum absolute atomic E-state index is 11.7. The van der Waals surface area contributed by atoms with Gasteiger partial charge in [-0.15, -0.1) is 0 Å². The molecule has 0 atom stereocenters. The van der Waals surface area contributed by atoms with E-state index in [1.165, 1.54) is 7.11 Å². The van der Waals surface area contributed by atoms with Crippen LogP contribution in [0.3, 0.4) is 0 Å². The van der Waals surface area contributed by atoms with Crippen molar-refractivity contribution in [1.29, 1.82) is 0 Å². The molecule has 0 aliphatic heterocycles. The molecular weight excluding hydrogens is 312 g/mol. The van der Waals surface area contributed by atoms with Gasteiger partial charge in [0.15, 0.2) is 6.61 Å². The van der Waals surface area contributed by atoms with Crippen molar-refractivity contribution in [2.45, 2.75) is 12.8 Å². The molecule has 24 heavy (non-hydrogen) atoms. The number of hydrogen-bond acceptors (Lipinski definition) is 5. The maximum Gasteiger partial charge on any atom is 0.306 e. The summed E-state index contributed by atoms with van der Waals surface area (Å²) in [6.45, 7) is -0.245. The number of nitrogens with one attached hydrogen (secondary N) is 2. The summed E-state index contributed by atoms with van der Waals surface area (Å²) in [4.78, 5) is 34.1. The summed E-state index contributed by atoms with van der Waals surface area (Å²) in [7, 11) is 1.24. The van der Waals surface area contributed by atoms with Crippen LogP contribution in [-0.2, 0) is 19.1 Å². The fourth-order valence-electron chi connectivity index (χ4n) is 2.02. The van der Waals surface area contributed by atoms with E-state index in [1.807, 2.05) is 36.4 Å².